The normalized spacial score (nSPS) is 18.4. The maximum Gasteiger partial charge on any atom is 0.325 e. The minimum absolute atomic E-state index is 0. The summed E-state index contributed by atoms with van der Waals surface area (Å²) in [4.78, 5) is 37.3. The molecule has 2 fully saturated rings. The predicted molar refractivity (Wildman–Crippen MR) is 104 cm³/mol. The van der Waals surface area contributed by atoms with Crippen LogP contribution in [-0.4, -0.2) is 52.0 Å². The molecule has 7 nitrogen and oxygen atoms in total. The molecule has 2 aromatic rings. The molecule has 2 saturated heterocycles. The van der Waals surface area contributed by atoms with Gasteiger partial charge in [0.1, 0.15) is 5.54 Å². The first-order chi connectivity index (χ1) is 12.7. The molecule has 0 unspecified atom stereocenters. The Morgan fingerprint density at radius 2 is 1.67 bits per heavy atom. The fraction of sp³-hybridized carbons (Fsp3) is 0.368. The highest BCUT2D eigenvalue weighted by Gasteiger charge is 2.52. The van der Waals surface area contributed by atoms with Crippen LogP contribution in [0.25, 0.3) is 0 Å². The number of piperidine rings is 1. The van der Waals surface area contributed by atoms with Crippen molar-refractivity contribution in [3.05, 3.63) is 54.4 Å². The number of hydrogen-bond donors (Lipinski definition) is 1. The number of anilines is 1. The van der Waals surface area contributed by atoms with E-state index in [1.807, 2.05) is 30.3 Å². The number of imide groups is 1. The number of nitrogens with zero attached hydrogens (tertiary/aromatic N) is 4. The van der Waals surface area contributed by atoms with Gasteiger partial charge in [0.25, 0.3) is 5.91 Å². The Hall–Kier alpha value is -2.67. The maximum absolute atomic E-state index is 13.0. The van der Waals surface area contributed by atoms with Gasteiger partial charge in [-0.05, 0) is 30.9 Å². The van der Waals surface area contributed by atoms with Crippen LogP contribution < -0.4 is 10.2 Å². The lowest BCUT2D eigenvalue weighted by Crippen LogP contribution is -2.55. The highest BCUT2D eigenvalue weighted by Crippen LogP contribution is 2.30. The second-order valence-electron chi connectivity index (χ2n) is 6.74. The SMILES string of the molecule is Cl.O=C1NC2(CCN(c3ncccn3)CC2)C(=O)N1CCc1ccccc1. The molecule has 1 spiro atoms. The van der Waals surface area contributed by atoms with E-state index in [9.17, 15) is 9.59 Å². The number of nitrogens with one attached hydrogen (secondary N) is 1. The Labute approximate surface area is 164 Å². The van der Waals surface area contributed by atoms with Gasteiger partial charge in [0, 0.05) is 32.0 Å². The van der Waals surface area contributed by atoms with Crippen molar-refractivity contribution < 1.29 is 9.59 Å². The predicted octanol–water partition coefficient (Wildman–Crippen LogP) is 2.03. The van der Waals surface area contributed by atoms with Crippen molar-refractivity contribution in [2.24, 2.45) is 0 Å². The first kappa shape index (κ1) is 19.1. The van der Waals surface area contributed by atoms with Gasteiger partial charge in [-0.3, -0.25) is 9.69 Å². The van der Waals surface area contributed by atoms with E-state index in [1.54, 1.807) is 18.5 Å². The Balaban J connectivity index is 0.00000210. The molecular weight excluding hydrogens is 366 g/mol. The van der Waals surface area contributed by atoms with Crippen LogP contribution >= 0.6 is 12.4 Å². The van der Waals surface area contributed by atoms with E-state index in [0.29, 0.717) is 44.8 Å². The summed E-state index contributed by atoms with van der Waals surface area (Å²) in [5, 5.41) is 2.95. The highest BCUT2D eigenvalue weighted by atomic mass is 35.5. The summed E-state index contributed by atoms with van der Waals surface area (Å²) in [6.07, 6.45) is 5.22. The first-order valence-electron chi connectivity index (χ1n) is 8.88. The quantitative estimate of drug-likeness (QED) is 0.812. The molecule has 3 heterocycles. The van der Waals surface area contributed by atoms with Crippen molar-refractivity contribution in [2.45, 2.75) is 24.8 Å². The van der Waals surface area contributed by atoms with Gasteiger partial charge in [-0.2, -0.15) is 0 Å². The zero-order chi connectivity index (χ0) is 18.0. The fourth-order valence-electron chi connectivity index (χ4n) is 3.65. The third-order valence-corrected chi connectivity index (χ3v) is 5.16. The topological polar surface area (TPSA) is 78.4 Å². The zero-order valence-electron chi connectivity index (χ0n) is 14.9. The molecule has 1 aromatic heterocycles. The molecule has 4 rings (SSSR count). The van der Waals surface area contributed by atoms with Crippen LogP contribution in [0.3, 0.4) is 0 Å². The molecule has 1 aromatic carbocycles. The number of carbonyl (C=O) groups excluding carboxylic acids is 2. The van der Waals surface area contributed by atoms with E-state index in [1.165, 1.54) is 4.90 Å². The number of halogens is 1. The Bertz CT molecular complexity index is 794. The molecular formula is C19H22ClN5O2. The van der Waals surface area contributed by atoms with Crippen LogP contribution in [0.1, 0.15) is 18.4 Å². The molecule has 0 saturated carbocycles. The molecule has 0 bridgehead atoms. The van der Waals surface area contributed by atoms with Crippen LogP contribution in [0.2, 0.25) is 0 Å². The summed E-state index contributed by atoms with van der Waals surface area (Å²) in [5.41, 5.74) is 0.337. The van der Waals surface area contributed by atoms with Gasteiger partial charge in [-0.1, -0.05) is 30.3 Å². The summed E-state index contributed by atoms with van der Waals surface area (Å²) < 4.78 is 0. The second-order valence-corrected chi connectivity index (χ2v) is 6.74. The molecule has 3 amide bonds. The van der Waals surface area contributed by atoms with Crippen molar-refractivity contribution in [1.82, 2.24) is 20.2 Å². The van der Waals surface area contributed by atoms with Gasteiger partial charge in [-0.25, -0.2) is 14.8 Å². The van der Waals surface area contributed by atoms with Crippen molar-refractivity contribution >= 4 is 30.3 Å². The van der Waals surface area contributed by atoms with Crippen molar-refractivity contribution in [1.29, 1.82) is 0 Å². The van der Waals surface area contributed by atoms with Crippen molar-refractivity contribution in [3.63, 3.8) is 0 Å². The number of benzene rings is 1. The van der Waals surface area contributed by atoms with Gasteiger partial charge in [-0.15, -0.1) is 12.4 Å². The number of rotatable bonds is 4. The van der Waals surface area contributed by atoms with Crippen LogP contribution in [0, 0.1) is 0 Å². The standard InChI is InChI=1S/C19H21N5O2.ClH/c25-16-19(8-13-23(14-9-19)17-20-10-4-11-21-17)22-18(26)24(16)12-7-15-5-2-1-3-6-15;/h1-6,10-11H,7-9,12-14H2,(H,22,26);1H. The van der Waals surface area contributed by atoms with Crippen LogP contribution in [0.4, 0.5) is 10.7 Å². The smallest absolute Gasteiger partial charge is 0.325 e. The maximum atomic E-state index is 13.0. The van der Waals surface area contributed by atoms with Crippen molar-refractivity contribution in [3.8, 4) is 0 Å². The average Bonchev–Trinajstić information content (AvgIpc) is 2.92. The minimum atomic E-state index is -0.779. The zero-order valence-corrected chi connectivity index (χ0v) is 15.7. The average molecular weight is 388 g/mol. The van der Waals surface area contributed by atoms with E-state index in [4.69, 9.17) is 0 Å². The summed E-state index contributed by atoms with van der Waals surface area (Å²) in [6.45, 7) is 1.69. The number of amides is 3. The fourth-order valence-corrected chi connectivity index (χ4v) is 3.65. The monoisotopic (exact) mass is 387 g/mol. The van der Waals surface area contributed by atoms with Gasteiger partial charge >= 0.3 is 6.03 Å². The van der Waals surface area contributed by atoms with Crippen LogP contribution in [0.15, 0.2) is 48.8 Å². The molecule has 0 radical (unpaired) electrons. The van der Waals surface area contributed by atoms with Gasteiger partial charge in [0.15, 0.2) is 0 Å². The molecule has 27 heavy (non-hydrogen) atoms. The molecule has 0 atom stereocenters. The van der Waals surface area contributed by atoms with E-state index >= 15 is 0 Å². The number of urea groups is 1. The summed E-state index contributed by atoms with van der Waals surface area (Å²) in [5.74, 6) is 0.562. The molecule has 2 aliphatic rings. The summed E-state index contributed by atoms with van der Waals surface area (Å²) in [6, 6.07) is 11.4. The second kappa shape index (κ2) is 7.92. The summed E-state index contributed by atoms with van der Waals surface area (Å²) >= 11 is 0. The molecule has 1 N–H and O–H groups in total. The van der Waals surface area contributed by atoms with E-state index < -0.39 is 5.54 Å². The third-order valence-electron chi connectivity index (χ3n) is 5.16. The molecule has 0 aliphatic carbocycles. The van der Waals surface area contributed by atoms with Gasteiger partial charge < -0.3 is 10.2 Å². The lowest BCUT2D eigenvalue weighted by molar-refractivity contribution is -0.132. The van der Waals surface area contributed by atoms with Crippen LogP contribution in [0.5, 0.6) is 0 Å². The molecule has 142 valence electrons. The highest BCUT2D eigenvalue weighted by molar-refractivity contribution is 6.07. The summed E-state index contributed by atoms with van der Waals surface area (Å²) in [7, 11) is 0. The van der Waals surface area contributed by atoms with Gasteiger partial charge in [0.05, 0.1) is 0 Å². The van der Waals surface area contributed by atoms with E-state index in [2.05, 4.69) is 20.2 Å². The Morgan fingerprint density at radius 1 is 1.00 bits per heavy atom. The Morgan fingerprint density at radius 3 is 2.33 bits per heavy atom. The number of hydrogen-bond acceptors (Lipinski definition) is 5. The molecule has 2 aliphatic heterocycles. The largest absolute Gasteiger partial charge is 0.341 e. The Kier molecular flexibility index (Phi) is 5.60. The van der Waals surface area contributed by atoms with Crippen molar-refractivity contribution in [2.75, 3.05) is 24.5 Å². The first-order valence-corrected chi connectivity index (χ1v) is 8.88. The molecule has 8 heteroatoms. The van der Waals surface area contributed by atoms with E-state index in [0.717, 1.165) is 5.56 Å². The minimum Gasteiger partial charge on any atom is -0.341 e. The lowest BCUT2D eigenvalue weighted by Gasteiger charge is -2.37. The number of aromatic nitrogens is 2. The third kappa shape index (κ3) is 3.73. The van der Waals surface area contributed by atoms with E-state index in [-0.39, 0.29) is 24.3 Å². The van der Waals surface area contributed by atoms with Crippen LogP contribution in [-0.2, 0) is 11.2 Å². The number of carbonyl (C=O) groups is 2. The lowest BCUT2D eigenvalue weighted by atomic mass is 9.87. The van der Waals surface area contributed by atoms with Gasteiger partial charge in [0.2, 0.25) is 5.95 Å².